The Kier molecular flexibility index (Phi) is 7.18. The van der Waals surface area contributed by atoms with Crippen molar-refractivity contribution in [3.05, 3.63) is 41.0 Å². The van der Waals surface area contributed by atoms with Gasteiger partial charge >= 0.3 is 5.97 Å². The predicted octanol–water partition coefficient (Wildman–Crippen LogP) is 3.77. The van der Waals surface area contributed by atoms with Gasteiger partial charge in [-0.2, -0.15) is 5.26 Å². The normalized spacial score (nSPS) is 23.8. The van der Waals surface area contributed by atoms with E-state index in [0.717, 1.165) is 24.0 Å². The number of nitrogens with one attached hydrogen (secondary N) is 1. The molecule has 1 amide bonds. The van der Waals surface area contributed by atoms with Crippen molar-refractivity contribution in [2.24, 2.45) is 11.8 Å². The smallest absolute Gasteiger partial charge is 0.349 e. The van der Waals surface area contributed by atoms with Gasteiger partial charge in [0.2, 0.25) is 0 Å². The van der Waals surface area contributed by atoms with Crippen LogP contribution in [0.2, 0.25) is 0 Å². The zero-order valence-electron chi connectivity index (χ0n) is 16.5. The van der Waals surface area contributed by atoms with Gasteiger partial charge in [0.05, 0.1) is 0 Å². The van der Waals surface area contributed by atoms with E-state index >= 15 is 0 Å². The van der Waals surface area contributed by atoms with Gasteiger partial charge in [-0.1, -0.05) is 56.5 Å². The van der Waals surface area contributed by atoms with Crippen LogP contribution in [0.25, 0.3) is 6.08 Å². The molecule has 2 rings (SSSR count). The molecule has 1 aromatic rings. The van der Waals surface area contributed by atoms with Crippen molar-refractivity contribution < 1.29 is 14.3 Å². The van der Waals surface area contributed by atoms with E-state index in [-0.39, 0.29) is 17.5 Å². The molecule has 5 heteroatoms. The van der Waals surface area contributed by atoms with Gasteiger partial charge in [-0.3, -0.25) is 4.79 Å². The molecule has 144 valence electrons. The molecule has 1 saturated carbocycles. The third kappa shape index (κ3) is 5.68. The summed E-state index contributed by atoms with van der Waals surface area (Å²) in [7, 11) is 0. The Bertz CT molecular complexity index is 746. The van der Waals surface area contributed by atoms with Gasteiger partial charge in [-0.15, -0.1) is 0 Å². The fourth-order valence-corrected chi connectivity index (χ4v) is 3.33. The number of aryl methyl sites for hydroxylation is 1. The third-order valence-electron chi connectivity index (χ3n) is 5.42. The van der Waals surface area contributed by atoms with Crippen LogP contribution in [0.3, 0.4) is 0 Å². The number of nitriles is 1. The summed E-state index contributed by atoms with van der Waals surface area (Å²) in [6, 6.07) is 9.39. The van der Waals surface area contributed by atoms with Crippen LogP contribution in [0.5, 0.6) is 0 Å². The summed E-state index contributed by atoms with van der Waals surface area (Å²) < 4.78 is 5.22. The highest BCUT2D eigenvalue weighted by molar-refractivity contribution is 5.99. The number of carbonyl (C=O) groups excluding carboxylic acids is 2. The second-order valence-electron chi connectivity index (χ2n) is 7.51. The molecule has 1 fully saturated rings. The average molecular weight is 368 g/mol. The van der Waals surface area contributed by atoms with Gasteiger partial charge < -0.3 is 10.1 Å². The maximum Gasteiger partial charge on any atom is 0.349 e. The summed E-state index contributed by atoms with van der Waals surface area (Å²) in [5, 5.41) is 12.3. The molecule has 0 bridgehead atoms. The molecular weight excluding hydrogens is 340 g/mol. The molecule has 1 aromatic carbocycles. The molecule has 0 aromatic heterocycles. The maximum atomic E-state index is 12.4. The van der Waals surface area contributed by atoms with E-state index < -0.39 is 12.1 Å². The van der Waals surface area contributed by atoms with Crippen LogP contribution in [-0.4, -0.2) is 24.0 Å². The zero-order valence-corrected chi connectivity index (χ0v) is 16.5. The fourth-order valence-electron chi connectivity index (χ4n) is 3.33. The van der Waals surface area contributed by atoms with Gasteiger partial charge in [-0.25, -0.2) is 4.79 Å². The Labute approximate surface area is 161 Å². The molecule has 0 heterocycles. The maximum absolute atomic E-state index is 12.4. The van der Waals surface area contributed by atoms with Gasteiger partial charge in [0.1, 0.15) is 11.6 Å². The summed E-state index contributed by atoms with van der Waals surface area (Å²) in [5.41, 5.74) is 1.69. The standard InChI is InChI=1S/C22H28N2O3/c1-14-8-10-18(11-9-14)12-19(13-23)22(26)27-17(4)21(25)24-20-7-5-6-15(2)16(20)3/h8-12,15-17,20H,5-7H2,1-4H3,(H,24,25)/b19-12+/t15-,16-,17+,20+/m0/s1. The highest BCUT2D eigenvalue weighted by atomic mass is 16.5. The Morgan fingerprint density at radius 1 is 1.26 bits per heavy atom. The molecule has 27 heavy (non-hydrogen) atoms. The molecule has 0 aliphatic heterocycles. The Hall–Kier alpha value is -2.61. The van der Waals surface area contributed by atoms with Crippen LogP contribution in [0, 0.1) is 30.1 Å². The summed E-state index contributed by atoms with van der Waals surface area (Å²) in [5.74, 6) is -0.154. The number of ether oxygens (including phenoxy) is 1. The van der Waals surface area contributed by atoms with Crippen LogP contribution in [0.1, 0.15) is 51.2 Å². The first-order valence-corrected chi connectivity index (χ1v) is 9.51. The van der Waals surface area contributed by atoms with Crippen molar-refractivity contribution in [2.45, 2.75) is 59.1 Å². The van der Waals surface area contributed by atoms with E-state index in [1.165, 1.54) is 19.4 Å². The quantitative estimate of drug-likeness (QED) is 0.487. The van der Waals surface area contributed by atoms with E-state index in [4.69, 9.17) is 4.74 Å². The number of amides is 1. The first kappa shape index (κ1) is 20.7. The molecule has 5 nitrogen and oxygen atoms in total. The third-order valence-corrected chi connectivity index (χ3v) is 5.42. The van der Waals surface area contributed by atoms with Crippen molar-refractivity contribution in [1.82, 2.24) is 5.32 Å². The number of hydrogen-bond acceptors (Lipinski definition) is 4. The molecular formula is C22H28N2O3. The lowest BCUT2D eigenvalue weighted by atomic mass is 9.78. The summed E-state index contributed by atoms with van der Waals surface area (Å²) in [4.78, 5) is 24.7. The van der Waals surface area contributed by atoms with Gasteiger partial charge in [-0.05, 0) is 43.7 Å². The highest BCUT2D eigenvalue weighted by Crippen LogP contribution is 2.29. The number of benzene rings is 1. The minimum Gasteiger partial charge on any atom is -0.448 e. The predicted molar refractivity (Wildman–Crippen MR) is 104 cm³/mol. The number of carbonyl (C=O) groups is 2. The van der Waals surface area contributed by atoms with E-state index in [0.29, 0.717) is 11.8 Å². The highest BCUT2D eigenvalue weighted by Gasteiger charge is 2.30. The Balaban J connectivity index is 1.97. The Morgan fingerprint density at radius 2 is 1.93 bits per heavy atom. The van der Waals surface area contributed by atoms with Crippen molar-refractivity contribution in [2.75, 3.05) is 0 Å². The number of hydrogen-bond donors (Lipinski definition) is 1. The lowest BCUT2D eigenvalue weighted by molar-refractivity contribution is -0.151. The Morgan fingerprint density at radius 3 is 2.56 bits per heavy atom. The minimum atomic E-state index is -0.947. The molecule has 0 unspecified atom stereocenters. The minimum absolute atomic E-state index is 0.0981. The van der Waals surface area contributed by atoms with Crippen LogP contribution in [0.15, 0.2) is 29.8 Å². The topological polar surface area (TPSA) is 79.2 Å². The van der Waals surface area contributed by atoms with Crippen LogP contribution in [0.4, 0.5) is 0 Å². The second kappa shape index (κ2) is 9.36. The largest absolute Gasteiger partial charge is 0.448 e. The van der Waals surface area contributed by atoms with Crippen molar-refractivity contribution in [1.29, 1.82) is 5.26 Å². The molecule has 0 spiro atoms. The van der Waals surface area contributed by atoms with Gasteiger partial charge in [0.15, 0.2) is 6.10 Å². The van der Waals surface area contributed by atoms with E-state index in [9.17, 15) is 14.9 Å². The monoisotopic (exact) mass is 368 g/mol. The lowest BCUT2D eigenvalue weighted by Crippen LogP contribution is -2.47. The van der Waals surface area contributed by atoms with Crippen LogP contribution < -0.4 is 5.32 Å². The van der Waals surface area contributed by atoms with Crippen LogP contribution in [-0.2, 0) is 14.3 Å². The van der Waals surface area contributed by atoms with Gasteiger partial charge in [0, 0.05) is 6.04 Å². The SMILES string of the molecule is Cc1ccc(/C=C(\C#N)C(=O)O[C@H](C)C(=O)N[C@@H]2CCC[C@H](C)[C@@H]2C)cc1. The van der Waals surface area contributed by atoms with E-state index in [1.54, 1.807) is 0 Å². The summed E-state index contributed by atoms with van der Waals surface area (Å²) in [6.45, 7) is 7.83. The second-order valence-corrected chi connectivity index (χ2v) is 7.51. The van der Waals surface area contributed by atoms with Crippen molar-refractivity contribution in [3.63, 3.8) is 0 Å². The van der Waals surface area contributed by atoms with Gasteiger partial charge in [0.25, 0.3) is 5.91 Å². The molecule has 0 radical (unpaired) electrons. The summed E-state index contributed by atoms with van der Waals surface area (Å²) in [6.07, 6.45) is 3.72. The van der Waals surface area contributed by atoms with Crippen LogP contribution >= 0.6 is 0 Å². The first-order valence-electron chi connectivity index (χ1n) is 9.51. The molecule has 0 saturated heterocycles. The van der Waals surface area contributed by atoms with Crippen molar-refractivity contribution in [3.8, 4) is 6.07 Å². The fraction of sp³-hybridized carbons (Fsp3) is 0.500. The van der Waals surface area contributed by atoms with E-state index in [1.807, 2.05) is 37.3 Å². The average Bonchev–Trinajstić information content (AvgIpc) is 2.64. The molecule has 1 aliphatic rings. The molecule has 4 atom stereocenters. The molecule has 1 N–H and O–H groups in total. The lowest BCUT2D eigenvalue weighted by Gasteiger charge is -2.35. The van der Waals surface area contributed by atoms with Crippen molar-refractivity contribution >= 4 is 18.0 Å². The molecule has 1 aliphatic carbocycles. The van der Waals surface area contributed by atoms with E-state index in [2.05, 4.69) is 19.2 Å². The first-order chi connectivity index (χ1) is 12.8. The summed E-state index contributed by atoms with van der Waals surface area (Å²) >= 11 is 0. The number of rotatable bonds is 5. The number of nitrogens with zero attached hydrogens (tertiary/aromatic N) is 1. The zero-order chi connectivity index (χ0) is 20.0. The number of esters is 1.